The van der Waals surface area contributed by atoms with Gasteiger partial charge in [0.25, 0.3) is 0 Å². The van der Waals surface area contributed by atoms with Crippen molar-refractivity contribution in [3.63, 3.8) is 0 Å². The third kappa shape index (κ3) is 4.02. The van der Waals surface area contributed by atoms with Crippen LogP contribution in [0.25, 0.3) is 0 Å². The molecule has 0 radical (unpaired) electrons. The van der Waals surface area contributed by atoms with E-state index in [4.69, 9.17) is 0 Å². The van der Waals surface area contributed by atoms with Crippen molar-refractivity contribution in [2.45, 2.75) is 30.7 Å². The Morgan fingerprint density at radius 2 is 2.04 bits per heavy atom. The zero-order valence-electron chi connectivity index (χ0n) is 14.5. The third-order valence-corrected chi connectivity index (χ3v) is 4.98. The van der Waals surface area contributed by atoms with Gasteiger partial charge in [0.1, 0.15) is 11.9 Å². The van der Waals surface area contributed by atoms with Gasteiger partial charge in [-0.05, 0) is 37.6 Å². The zero-order chi connectivity index (χ0) is 17.2. The van der Waals surface area contributed by atoms with Gasteiger partial charge in [0.05, 0.1) is 6.20 Å². The molecule has 1 heterocycles. The highest BCUT2D eigenvalue weighted by Gasteiger charge is 2.39. The first-order valence-electron chi connectivity index (χ1n) is 8.24. The van der Waals surface area contributed by atoms with Gasteiger partial charge in [0, 0.05) is 30.8 Å². The number of aromatic nitrogens is 2. The Balaban J connectivity index is 0.00000225. The zero-order valence-corrected chi connectivity index (χ0v) is 15.3. The van der Waals surface area contributed by atoms with E-state index in [1.807, 2.05) is 25.4 Å². The molecule has 1 aromatic heterocycles. The van der Waals surface area contributed by atoms with E-state index < -0.39 is 6.04 Å². The number of likely N-dealkylation sites (N-methyl/N-ethyl adjacent to an activating group) is 1. The van der Waals surface area contributed by atoms with Crippen molar-refractivity contribution in [2.24, 2.45) is 7.05 Å². The first-order valence-corrected chi connectivity index (χ1v) is 8.24. The van der Waals surface area contributed by atoms with Crippen LogP contribution in [0.15, 0.2) is 36.7 Å². The van der Waals surface area contributed by atoms with Gasteiger partial charge in [-0.15, -0.1) is 12.4 Å². The predicted octanol–water partition coefficient (Wildman–Crippen LogP) is 2.48. The van der Waals surface area contributed by atoms with Crippen LogP contribution in [-0.4, -0.2) is 29.3 Å². The van der Waals surface area contributed by atoms with Gasteiger partial charge < -0.3 is 10.6 Å². The Labute approximate surface area is 153 Å². The van der Waals surface area contributed by atoms with E-state index >= 15 is 0 Å². The topological polar surface area (TPSA) is 59.0 Å². The summed E-state index contributed by atoms with van der Waals surface area (Å²) in [4.78, 5) is 12.6. The third-order valence-electron chi connectivity index (χ3n) is 4.98. The largest absolute Gasteiger partial charge is 0.354 e. The normalized spacial score (nSPS) is 16.4. The first kappa shape index (κ1) is 19.4. The van der Waals surface area contributed by atoms with E-state index in [1.54, 1.807) is 17.9 Å². The molecule has 1 amide bonds. The summed E-state index contributed by atoms with van der Waals surface area (Å²) in [5.74, 6) is -0.303. The van der Waals surface area contributed by atoms with Crippen molar-refractivity contribution in [2.75, 3.05) is 13.6 Å². The lowest BCUT2D eigenvalue weighted by atomic mass is 9.64. The number of nitrogens with zero attached hydrogens (tertiary/aromatic N) is 2. The van der Waals surface area contributed by atoms with E-state index in [0.717, 1.165) is 30.4 Å². The van der Waals surface area contributed by atoms with Gasteiger partial charge >= 0.3 is 0 Å². The van der Waals surface area contributed by atoms with Gasteiger partial charge in [0.15, 0.2) is 0 Å². The maximum absolute atomic E-state index is 13.2. The van der Waals surface area contributed by atoms with E-state index in [1.165, 1.54) is 12.1 Å². The number of rotatable bonds is 6. The lowest BCUT2D eigenvalue weighted by Gasteiger charge is -2.42. The summed E-state index contributed by atoms with van der Waals surface area (Å²) in [5, 5.41) is 10.2. The fraction of sp³-hybridized carbons (Fsp3) is 0.444. The molecule has 136 valence electrons. The highest BCUT2D eigenvalue weighted by molar-refractivity contribution is 5.85. The standard InChI is InChI=1S/C18H23FN4O.ClH/c1-20-16(13-10-22-23(2)11-13)17(24)21-12-18(8-3-9-18)14-4-6-15(19)7-5-14;/h4-7,10-11,16,20H,3,8-9,12H2,1-2H3,(H,21,24);1H. The van der Waals surface area contributed by atoms with Gasteiger partial charge in [-0.3, -0.25) is 9.48 Å². The molecular weight excluding hydrogens is 343 g/mol. The molecule has 1 atom stereocenters. The van der Waals surface area contributed by atoms with Crippen LogP contribution in [-0.2, 0) is 17.3 Å². The second-order valence-electron chi connectivity index (χ2n) is 6.53. The van der Waals surface area contributed by atoms with E-state index in [0.29, 0.717) is 6.54 Å². The van der Waals surface area contributed by atoms with Crippen LogP contribution >= 0.6 is 12.4 Å². The van der Waals surface area contributed by atoms with Crippen LogP contribution in [0.4, 0.5) is 4.39 Å². The van der Waals surface area contributed by atoms with Crippen molar-refractivity contribution < 1.29 is 9.18 Å². The average Bonchev–Trinajstić information content (AvgIpc) is 2.95. The Bertz CT molecular complexity index is 712. The molecule has 25 heavy (non-hydrogen) atoms. The first-order chi connectivity index (χ1) is 11.5. The molecule has 1 fully saturated rings. The molecule has 1 saturated carbocycles. The van der Waals surface area contributed by atoms with E-state index in [2.05, 4.69) is 15.7 Å². The molecule has 1 aliphatic carbocycles. The minimum Gasteiger partial charge on any atom is -0.354 e. The van der Waals surface area contributed by atoms with Crippen molar-refractivity contribution in [3.8, 4) is 0 Å². The Kier molecular flexibility index (Phi) is 6.19. The number of hydrogen-bond acceptors (Lipinski definition) is 3. The van der Waals surface area contributed by atoms with Gasteiger partial charge in [0.2, 0.25) is 5.91 Å². The number of halogens is 2. The van der Waals surface area contributed by atoms with E-state index in [-0.39, 0.29) is 29.5 Å². The molecule has 2 aromatic rings. The van der Waals surface area contributed by atoms with Gasteiger partial charge in [-0.1, -0.05) is 18.6 Å². The summed E-state index contributed by atoms with van der Waals surface area (Å²) in [6.45, 7) is 0.565. The maximum atomic E-state index is 13.2. The minimum absolute atomic E-state index is 0. The van der Waals surface area contributed by atoms with Crippen LogP contribution in [0.2, 0.25) is 0 Å². The summed E-state index contributed by atoms with van der Waals surface area (Å²) < 4.78 is 14.8. The monoisotopic (exact) mass is 366 g/mol. The molecule has 5 nitrogen and oxygen atoms in total. The van der Waals surface area contributed by atoms with Gasteiger partial charge in [-0.25, -0.2) is 4.39 Å². The summed E-state index contributed by atoms with van der Waals surface area (Å²) in [6, 6.07) is 6.21. The number of carbonyl (C=O) groups is 1. The van der Waals surface area contributed by atoms with Crippen LogP contribution in [0.3, 0.4) is 0 Å². The maximum Gasteiger partial charge on any atom is 0.241 e. The molecule has 0 aliphatic heterocycles. The number of aryl methyl sites for hydroxylation is 1. The van der Waals surface area contributed by atoms with Crippen molar-refractivity contribution in [3.05, 3.63) is 53.6 Å². The van der Waals surface area contributed by atoms with Crippen molar-refractivity contribution in [1.82, 2.24) is 20.4 Å². The molecule has 0 saturated heterocycles. The second kappa shape index (κ2) is 7.97. The average molecular weight is 367 g/mol. The quantitative estimate of drug-likeness (QED) is 0.825. The van der Waals surface area contributed by atoms with Crippen molar-refractivity contribution >= 4 is 18.3 Å². The fourth-order valence-corrected chi connectivity index (χ4v) is 3.37. The molecular formula is C18H24ClFN4O. The molecule has 7 heteroatoms. The van der Waals surface area contributed by atoms with Crippen LogP contribution in [0.1, 0.15) is 36.4 Å². The lowest BCUT2D eigenvalue weighted by Crippen LogP contribution is -2.47. The molecule has 0 bridgehead atoms. The molecule has 0 spiro atoms. The Morgan fingerprint density at radius 1 is 1.36 bits per heavy atom. The summed E-state index contributed by atoms with van der Waals surface area (Å²) >= 11 is 0. The second-order valence-corrected chi connectivity index (χ2v) is 6.53. The highest BCUT2D eigenvalue weighted by Crippen LogP contribution is 2.43. The number of hydrogen-bond donors (Lipinski definition) is 2. The van der Waals surface area contributed by atoms with Gasteiger partial charge in [-0.2, -0.15) is 5.10 Å². The summed E-state index contributed by atoms with van der Waals surface area (Å²) in [5.41, 5.74) is 1.86. The van der Waals surface area contributed by atoms with Crippen molar-refractivity contribution in [1.29, 1.82) is 0 Å². The Hall–Kier alpha value is -1.92. The lowest BCUT2D eigenvalue weighted by molar-refractivity contribution is -0.123. The number of nitrogens with one attached hydrogen (secondary N) is 2. The smallest absolute Gasteiger partial charge is 0.241 e. The van der Waals surface area contributed by atoms with Crippen LogP contribution < -0.4 is 10.6 Å². The highest BCUT2D eigenvalue weighted by atomic mass is 35.5. The van der Waals surface area contributed by atoms with E-state index in [9.17, 15) is 9.18 Å². The molecule has 1 aliphatic rings. The Morgan fingerprint density at radius 3 is 2.52 bits per heavy atom. The summed E-state index contributed by atoms with van der Waals surface area (Å²) in [6.07, 6.45) is 6.68. The fourth-order valence-electron chi connectivity index (χ4n) is 3.37. The summed E-state index contributed by atoms with van der Waals surface area (Å²) in [7, 11) is 3.59. The van der Waals surface area contributed by atoms with Crippen LogP contribution in [0.5, 0.6) is 0 Å². The molecule has 3 rings (SSSR count). The molecule has 1 unspecified atom stereocenters. The predicted molar refractivity (Wildman–Crippen MR) is 97.2 cm³/mol. The minimum atomic E-state index is -0.427. The van der Waals surface area contributed by atoms with Crippen LogP contribution in [0, 0.1) is 5.82 Å². The molecule has 2 N–H and O–H groups in total. The number of carbonyl (C=O) groups excluding carboxylic acids is 1. The SMILES string of the molecule is CNC(C(=O)NCC1(c2ccc(F)cc2)CCC1)c1cnn(C)c1.Cl. The number of amides is 1. The molecule has 1 aromatic carbocycles. The number of benzene rings is 1.